The van der Waals surface area contributed by atoms with Crippen molar-refractivity contribution in [2.45, 2.75) is 54.1 Å². The van der Waals surface area contributed by atoms with Crippen LogP contribution in [0.3, 0.4) is 0 Å². The zero-order valence-electron chi connectivity index (χ0n) is 14.4. The number of hydrogen-bond acceptors (Lipinski definition) is 7. The van der Waals surface area contributed by atoms with Crippen LogP contribution < -0.4 is 16.0 Å². The van der Waals surface area contributed by atoms with E-state index in [0.717, 1.165) is 18.6 Å². The summed E-state index contributed by atoms with van der Waals surface area (Å²) in [6.45, 7) is -0.189. The average molecular weight is 398 g/mol. The first kappa shape index (κ1) is 19.4. The summed E-state index contributed by atoms with van der Waals surface area (Å²) in [4.78, 5) is 36.4. The van der Waals surface area contributed by atoms with Gasteiger partial charge in [0.2, 0.25) is 11.8 Å². The normalized spacial score (nSPS) is 33.0. The minimum Gasteiger partial charge on any atom is -0.436 e. The molecule has 0 aromatic carbocycles. The Morgan fingerprint density at radius 1 is 1.19 bits per heavy atom. The summed E-state index contributed by atoms with van der Waals surface area (Å²) < 4.78 is 4.66. The van der Waals surface area contributed by atoms with Crippen molar-refractivity contribution in [3.05, 3.63) is 0 Å². The molecule has 0 spiro atoms. The van der Waals surface area contributed by atoms with Crippen molar-refractivity contribution in [1.82, 2.24) is 16.0 Å². The van der Waals surface area contributed by atoms with Crippen molar-refractivity contribution >= 4 is 41.4 Å². The molecule has 1 saturated carbocycles. The zero-order chi connectivity index (χ0) is 18.5. The number of amides is 3. The van der Waals surface area contributed by atoms with Crippen LogP contribution in [0.1, 0.15) is 32.1 Å². The number of carbonyl (C=O) groups is 3. The van der Waals surface area contributed by atoms with E-state index in [9.17, 15) is 14.4 Å². The number of terminal acetylenes is 1. The number of alkyl carbamates (subject to hydrolysis) is 1. The van der Waals surface area contributed by atoms with Crippen molar-refractivity contribution in [1.29, 1.82) is 0 Å². The highest BCUT2D eigenvalue weighted by Crippen LogP contribution is 2.37. The Morgan fingerprint density at radius 2 is 2.00 bits per heavy atom. The van der Waals surface area contributed by atoms with Gasteiger partial charge in [-0.25, -0.2) is 4.79 Å². The molecule has 2 aliphatic heterocycles. The summed E-state index contributed by atoms with van der Waals surface area (Å²) >= 11 is 3.21. The SMILES string of the molecule is C#CCOC(=O)NC(=O)C1CCSC1NC(=O)C1NC2CCCCC2S1. The molecule has 2 saturated heterocycles. The molecule has 5 unspecified atom stereocenters. The topological polar surface area (TPSA) is 96.5 Å². The maximum atomic E-state index is 12.6. The Hall–Kier alpha value is -1.37. The lowest BCUT2D eigenvalue weighted by atomic mass is 9.95. The van der Waals surface area contributed by atoms with Gasteiger partial charge in [0.15, 0.2) is 6.61 Å². The molecule has 5 atom stereocenters. The molecule has 0 aromatic heterocycles. The number of ether oxygens (including phenoxy) is 1. The molecule has 0 radical (unpaired) electrons. The monoisotopic (exact) mass is 397 g/mol. The largest absolute Gasteiger partial charge is 0.436 e. The first-order valence-electron chi connectivity index (χ1n) is 8.83. The Morgan fingerprint density at radius 3 is 2.77 bits per heavy atom. The highest BCUT2D eigenvalue weighted by Gasteiger charge is 2.41. The van der Waals surface area contributed by atoms with E-state index in [1.807, 2.05) is 0 Å². The highest BCUT2D eigenvalue weighted by atomic mass is 32.2. The van der Waals surface area contributed by atoms with Gasteiger partial charge in [0.25, 0.3) is 0 Å². The number of thioether (sulfide) groups is 2. The van der Waals surface area contributed by atoms with Crippen LogP contribution in [0, 0.1) is 18.3 Å². The van der Waals surface area contributed by atoms with Crippen molar-refractivity contribution in [2.24, 2.45) is 5.92 Å². The second kappa shape index (κ2) is 9.02. The number of carbonyl (C=O) groups excluding carboxylic acids is 3. The molecule has 26 heavy (non-hydrogen) atoms. The summed E-state index contributed by atoms with van der Waals surface area (Å²) in [6, 6.07) is 0.408. The average Bonchev–Trinajstić information content (AvgIpc) is 3.26. The molecule has 1 aliphatic carbocycles. The molecular formula is C17H23N3O4S2. The molecule has 0 aromatic rings. The van der Waals surface area contributed by atoms with Crippen LogP contribution in [-0.4, -0.2) is 52.3 Å². The lowest BCUT2D eigenvalue weighted by molar-refractivity contribution is -0.125. The second-order valence-corrected chi connectivity index (χ2v) is 9.18. The van der Waals surface area contributed by atoms with Crippen LogP contribution in [0.15, 0.2) is 0 Å². The molecule has 2 heterocycles. The fourth-order valence-corrected chi connectivity index (χ4v) is 6.39. The first-order chi connectivity index (χ1) is 12.6. The molecular weight excluding hydrogens is 374 g/mol. The van der Waals surface area contributed by atoms with E-state index in [2.05, 4.69) is 26.6 Å². The van der Waals surface area contributed by atoms with Crippen LogP contribution in [-0.2, 0) is 14.3 Å². The van der Waals surface area contributed by atoms with Gasteiger partial charge in [0.05, 0.1) is 11.3 Å². The maximum absolute atomic E-state index is 12.6. The molecule has 3 amide bonds. The third-order valence-corrected chi connectivity index (χ3v) is 7.65. The summed E-state index contributed by atoms with van der Waals surface area (Å²) in [5.74, 6) is 1.92. The molecule has 142 valence electrons. The Labute approximate surface area is 161 Å². The third kappa shape index (κ3) is 4.67. The van der Waals surface area contributed by atoms with Gasteiger partial charge >= 0.3 is 6.09 Å². The Bertz CT molecular complexity index is 595. The third-order valence-electron chi connectivity index (χ3n) is 4.84. The molecule has 3 rings (SSSR count). The number of nitrogens with one attached hydrogen (secondary N) is 3. The van der Waals surface area contributed by atoms with E-state index in [1.54, 1.807) is 11.8 Å². The van der Waals surface area contributed by atoms with Crippen LogP contribution >= 0.6 is 23.5 Å². The van der Waals surface area contributed by atoms with Crippen molar-refractivity contribution < 1.29 is 19.1 Å². The molecule has 3 N–H and O–H groups in total. The van der Waals surface area contributed by atoms with Gasteiger partial charge in [-0.3, -0.25) is 20.2 Å². The zero-order valence-corrected chi connectivity index (χ0v) is 16.0. The summed E-state index contributed by atoms with van der Waals surface area (Å²) in [5.41, 5.74) is 0. The van der Waals surface area contributed by atoms with Crippen LogP contribution in [0.2, 0.25) is 0 Å². The van der Waals surface area contributed by atoms with E-state index in [-0.39, 0.29) is 23.3 Å². The lowest BCUT2D eigenvalue weighted by Crippen LogP contribution is -2.49. The number of hydrogen-bond donors (Lipinski definition) is 3. The molecule has 7 nitrogen and oxygen atoms in total. The Kier molecular flexibility index (Phi) is 6.73. The van der Waals surface area contributed by atoms with Gasteiger partial charge in [-0.05, 0) is 25.0 Å². The lowest BCUT2D eigenvalue weighted by Gasteiger charge is -2.23. The minimum atomic E-state index is -0.855. The molecule has 9 heteroatoms. The predicted octanol–water partition coefficient (Wildman–Crippen LogP) is 1.04. The van der Waals surface area contributed by atoms with E-state index in [4.69, 9.17) is 6.42 Å². The van der Waals surface area contributed by atoms with Gasteiger partial charge in [0.1, 0.15) is 5.37 Å². The van der Waals surface area contributed by atoms with Crippen molar-refractivity contribution in [2.75, 3.05) is 12.4 Å². The Balaban J connectivity index is 1.50. The number of fused-ring (bicyclic) bond motifs is 1. The van der Waals surface area contributed by atoms with Crippen LogP contribution in [0.4, 0.5) is 4.79 Å². The highest BCUT2D eigenvalue weighted by molar-refractivity contribution is 8.01. The van der Waals surface area contributed by atoms with E-state index in [0.29, 0.717) is 17.7 Å². The van der Waals surface area contributed by atoms with Gasteiger partial charge in [-0.1, -0.05) is 18.8 Å². The van der Waals surface area contributed by atoms with E-state index >= 15 is 0 Å². The molecule has 0 bridgehead atoms. The van der Waals surface area contributed by atoms with Crippen molar-refractivity contribution in [3.8, 4) is 12.3 Å². The van der Waals surface area contributed by atoms with Gasteiger partial charge in [-0.2, -0.15) is 0 Å². The first-order valence-corrected chi connectivity index (χ1v) is 10.8. The minimum absolute atomic E-state index is 0.0866. The van der Waals surface area contributed by atoms with E-state index < -0.39 is 17.9 Å². The second-order valence-electron chi connectivity index (χ2n) is 6.58. The quantitative estimate of drug-likeness (QED) is 0.610. The summed E-state index contributed by atoms with van der Waals surface area (Å²) in [7, 11) is 0. The molecule has 3 aliphatic rings. The summed E-state index contributed by atoms with van der Waals surface area (Å²) in [6.07, 6.45) is 9.45. The summed E-state index contributed by atoms with van der Waals surface area (Å²) in [5, 5.41) is 8.47. The smallest absolute Gasteiger partial charge is 0.414 e. The van der Waals surface area contributed by atoms with Gasteiger partial charge in [0, 0.05) is 11.3 Å². The van der Waals surface area contributed by atoms with Crippen LogP contribution in [0.5, 0.6) is 0 Å². The van der Waals surface area contributed by atoms with Gasteiger partial charge in [-0.15, -0.1) is 29.9 Å². The fourth-order valence-electron chi connectivity index (χ4n) is 3.55. The number of rotatable bonds is 4. The van der Waals surface area contributed by atoms with Crippen molar-refractivity contribution in [3.63, 3.8) is 0 Å². The van der Waals surface area contributed by atoms with Gasteiger partial charge < -0.3 is 10.1 Å². The predicted molar refractivity (Wildman–Crippen MR) is 101 cm³/mol. The molecule has 3 fully saturated rings. The van der Waals surface area contributed by atoms with E-state index in [1.165, 1.54) is 24.6 Å². The number of imide groups is 1. The van der Waals surface area contributed by atoms with Crippen LogP contribution in [0.25, 0.3) is 0 Å². The fraction of sp³-hybridized carbons (Fsp3) is 0.706. The maximum Gasteiger partial charge on any atom is 0.414 e. The standard InChI is InChI=1S/C17H23N3O4S2/c1-2-8-24-17(23)20-13(21)10-7-9-25-15(10)19-14(22)16-18-11-5-3-4-6-12(11)26-16/h1,10-12,15-16,18H,3-9H2,(H,19,22)(H,20,21,23).